The molecule has 94 valence electrons. The van der Waals surface area contributed by atoms with Gasteiger partial charge in [-0.05, 0) is 43.1 Å². The predicted octanol–water partition coefficient (Wildman–Crippen LogP) is 5.16. The molecule has 2 rings (SSSR count). The average Bonchev–Trinajstić information content (AvgIpc) is 2.64. The molecule has 0 nitrogen and oxygen atoms in total. The van der Waals surface area contributed by atoms with E-state index in [1.807, 2.05) is 18.7 Å². The summed E-state index contributed by atoms with van der Waals surface area (Å²) in [6, 6.07) is 10.7. The SMILES string of the molecule is CC#CC1=C(SCc2ccccc2)CCCCC1. The number of rotatable bonds is 3. The second-order valence-electron chi connectivity index (χ2n) is 4.61. The zero-order chi connectivity index (χ0) is 12.6. The van der Waals surface area contributed by atoms with Gasteiger partial charge >= 0.3 is 0 Å². The molecule has 0 aromatic heterocycles. The van der Waals surface area contributed by atoms with Gasteiger partial charge in [0.15, 0.2) is 0 Å². The van der Waals surface area contributed by atoms with Crippen molar-refractivity contribution in [3.63, 3.8) is 0 Å². The Bertz CT molecular complexity index is 459. The summed E-state index contributed by atoms with van der Waals surface area (Å²) >= 11 is 1.99. The molecule has 0 saturated carbocycles. The Morgan fingerprint density at radius 2 is 1.83 bits per heavy atom. The molecular formula is C17H20S. The summed E-state index contributed by atoms with van der Waals surface area (Å²) in [5, 5.41) is 0. The van der Waals surface area contributed by atoms with Crippen molar-refractivity contribution in [2.24, 2.45) is 0 Å². The van der Waals surface area contributed by atoms with Crippen molar-refractivity contribution >= 4 is 11.8 Å². The van der Waals surface area contributed by atoms with E-state index in [1.165, 1.54) is 48.1 Å². The maximum absolute atomic E-state index is 3.32. The van der Waals surface area contributed by atoms with Gasteiger partial charge in [-0.1, -0.05) is 42.7 Å². The first-order chi connectivity index (χ1) is 8.90. The topological polar surface area (TPSA) is 0 Å². The Hall–Kier alpha value is -1.13. The fourth-order valence-corrected chi connectivity index (χ4v) is 3.39. The molecule has 0 heterocycles. The Morgan fingerprint density at radius 1 is 1.06 bits per heavy atom. The van der Waals surface area contributed by atoms with Crippen LogP contribution in [0.5, 0.6) is 0 Å². The summed E-state index contributed by atoms with van der Waals surface area (Å²) < 4.78 is 0. The number of hydrogen-bond donors (Lipinski definition) is 0. The Balaban J connectivity index is 2.05. The van der Waals surface area contributed by atoms with Gasteiger partial charge in [-0.2, -0.15) is 0 Å². The van der Waals surface area contributed by atoms with Gasteiger partial charge in [0.05, 0.1) is 0 Å². The van der Waals surface area contributed by atoms with Crippen LogP contribution in [0.2, 0.25) is 0 Å². The second kappa shape index (κ2) is 7.34. The van der Waals surface area contributed by atoms with E-state index in [2.05, 4.69) is 42.2 Å². The standard InChI is InChI=1S/C17H20S/c1-2-9-16-12-7-4-8-13-17(16)18-14-15-10-5-3-6-11-15/h3,5-6,10-11H,4,7-8,12-14H2,1H3. The van der Waals surface area contributed by atoms with Crippen molar-refractivity contribution in [3.8, 4) is 11.8 Å². The maximum atomic E-state index is 3.32. The summed E-state index contributed by atoms with van der Waals surface area (Å²) in [4.78, 5) is 1.53. The van der Waals surface area contributed by atoms with Crippen LogP contribution in [0.4, 0.5) is 0 Å². The molecular weight excluding hydrogens is 236 g/mol. The third-order valence-corrected chi connectivity index (χ3v) is 4.48. The lowest BCUT2D eigenvalue weighted by Crippen LogP contribution is -1.87. The fraction of sp³-hybridized carbons (Fsp3) is 0.412. The number of allylic oxidation sites excluding steroid dienone is 2. The van der Waals surface area contributed by atoms with Crippen LogP contribution < -0.4 is 0 Å². The van der Waals surface area contributed by atoms with Crippen LogP contribution in [0.1, 0.15) is 44.6 Å². The quantitative estimate of drug-likeness (QED) is 0.673. The van der Waals surface area contributed by atoms with Gasteiger partial charge in [-0.15, -0.1) is 17.7 Å². The van der Waals surface area contributed by atoms with E-state index in [-0.39, 0.29) is 0 Å². The summed E-state index contributed by atoms with van der Waals surface area (Å²) in [5.41, 5.74) is 2.80. The van der Waals surface area contributed by atoms with E-state index < -0.39 is 0 Å². The molecule has 1 aromatic carbocycles. The van der Waals surface area contributed by atoms with E-state index in [9.17, 15) is 0 Å². The van der Waals surface area contributed by atoms with Gasteiger partial charge in [0.1, 0.15) is 0 Å². The molecule has 1 aromatic rings. The third kappa shape index (κ3) is 3.96. The predicted molar refractivity (Wildman–Crippen MR) is 81.3 cm³/mol. The first-order valence-corrected chi connectivity index (χ1v) is 7.70. The number of benzene rings is 1. The maximum Gasteiger partial charge on any atom is 0.0229 e. The number of hydrogen-bond acceptors (Lipinski definition) is 1. The fourth-order valence-electron chi connectivity index (χ4n) is 2.24. The highest BCUT2D eigenvalue weighted by Crippen LogP contribution is 2.33. The summed E-state index contributed by atoms with van der Waals surface area (Å²) in [7, 11) is 0. The number of thioether (sulfide) groups is 1. The minimum Gasteiger partial charge on any atom is -0.125 e. The Kier molecular flexibility index (Phi) is 5.42. The van der Waals surface area contributed by atoms with Crippen LogP contribution in [0.25, 0.3) is 0 Å². The van der Waals surface area contributed by atoms with Crippen LogP contribution in [-0.4, -0.2) is 0 Å². The van der Waals surface area contributed by atoms with Gasteiger partial charge in [-0.25, -0.2) is 0 Å². The molecule has 0 amide bonds. The van der Waals surface area contributed by atoms with Crippen LogP contribution in [0.15, 0.2) is 40.8 Å². The van der Waals surface area contributed by atoms with E-state index in [0.29, 0.717) is 0 Å². The minimum atomic E-state index is 1.07. The highest BCUT2D eigenvalue weighted by molar-refractivity contribution is 8.02. The zero-order valence-electron chi connectivity index (χ0n) is 11.0. The third-order valence-electron chi connectivity index (χ3n) is 3.20. The first-order valence-electron chi connectivity index (χ1n) is 6.71. The van der Waals surface area contributed by atoms with Crippen LogP contribution in [-0.2, 0) is 5.75 Å². The molecule has 18 heavy (non-hydrogen) atoms. The molecule has 0 aliphatic heterocycles. The normalized spacial score (nSPS) is 15.8. The molecule has 0 bridgehead atoms. The minimum absolute atomic E-state index is 1.07. The molecule has 1 aliphatic rings. The van der Waals surface area contributed by atoms with E-state index in [4.69, 9.17) is 0 Å². The van der Waals surface area contributed by atoms with Gasteiger partial charge < -0.3 is 0 Å². The van der Waals surface area contributed by atoms with Crippen molar-refractivity contribution in [3.05, 3.63) is 46.4 Å². The van der Waals surface area contributed by atoms with Gasteiger partial charge in [0.25, 0.3) is 0 Å². The van der Waals surface area contributed by atoms with E-state index in [0.717, 1.165) is 5.75 Å². The second-order valence-corrected chi connectivity index (χ2v) is 5.68. The smallest absolute Gasteiger partial charge is 0.0229 e. The van der Waals surface area contributed by atoms with Crippen molar-refractivity contribution in [2.45, 2.75) is 44.8 Å². The lowest BCUT2D eigenvalue weighted by Gasteiger charge is -2.08. The zero-order valence-corrected chi connectivity index (χ0v) is 11.9. The summed E-state index contributed by atoms with van der Waals surface area (Å²) in [6.45, 7) is 1.94. The van der Waals surface area contributed by atoms with Crippen LogP contribution >= 0.6 is 11.8 Å². The molecule has 0 atom stereocenters. The largest absolute Gasteiger partial charge is 0.125 e. The average molecular weight is 256 g/mol. The summed E-state index contributed by atoms with van der Waals surface area (Å²) in [6.07, 6.45) is 6.38. The lowest BCUT2D eigenvalue weighted by atomic mass is 10.1. The van der Waals surface area contributed by atoms with Crippen LogP contribution in [0, 0.1) is 11.8 Å². The van der Waals surface area contributed by atoms with E-state index in [1.54, 1.807) is 0 Å². The summed E-state index contributed by atoms with van der Waals surface area (Å²) in [5.74, 6) is 7.47. The van der Waals surface area contributed by atoms with Gasteiger partial charge in [-0.3, -0.25) is 0 Å². The first kappa shape index (κ1) is 13.3. The lowest BCUT2D eigenvalue weighted by molar-refractivity contribution is 0.713. The molecule has 0 fully saturated rings. The van der Waals surface area contributed by atoms with Crippen molar-refractivity contribution in [2.75, 3.05) is 0 Å². The van der Waals surface area contributed by atoms with Crippen molar-refractivity contribution in [1.82, 2.24) is 0 Å². The van der Waals surface area contributed by atoms with Gasteiger partial charge in [0, 0.05) is 11.3 Å². The molecule has 0 unspecified atom stereocenters. The molecule has 0 spiro atoms. The highest BCUT2D eigenvalue weighted by atomic mass is 32.2. The molecule has 1 heteroatoms. The van der Waals surface area contributed by atoms with Gasteiger partial charge in [0.2, 0.25) is 0 Å². The monoisotopic (exact) mass is 256 g/mol. The molecule has 1 aliphatic carbocycles. The Morgan fingerprint density at radius 3 is 2.61 bits per heavy atom. The van der Waals surface area contributed by atoms with E-state index >= 15 is 0 Å². The van der Waals surface area contributed by atoms with Crippen LogP contribution in [0.3, 0.4) is 0 Å². The molecule has 0 radical (unpaired) electrons. The molecule has 0 saturated heterocycles. The Labute approximate surface area is 115 Å². The van der Waals surface area contributed by atoms with Crippen molar-refractivity contribution in [1.29, 1.82) is 0 Å². The molecule has 0 N–H and O–H groups in total. The highest BCUT2D eigenvalue weighted by Gasteiger charge is 2.10. The van der Waals surface area contributed by atoms with Crippen molar-refractivity contribution < 1.29 is 0 Å².